The maximum atomic E-state index is 6.00. The first-order chi connectivity index (χ1) is 6.27. The molecule has 1 aromatic rings. The van der Waals surface area contributed by atoms with Gasteiger partial charge in [-0.15, -0.1) is 0 Å². The molecule has 13 heavy (non-hydrogen) atoms. The minimum atomic E-state index is -0.108. The highest BCUT2D eigenvalue weighted by Gasteiger charge is 2.18. The lowest BCUT2D eigenvalue weighted by Gasteiger charge is -2.08. The van der Waals surface area contributed by atoms with Gasteiger partial charge in [-0.05, 0) is 28.1 Å². The Morgan fingerprint density at radius 3 is 2.77 bits per heavy atom. The summed E-state index contributed by atoms with van der Waals surface area (Å²) in [5, 5.41) is 0.716. The van der Waals surface area contributed by atoms with E-state index in [1.807, 2.05) is 30.3 Å². The molecule has 0 unspecified atom stereocenters. The lowest BCUT2D eigenvalue weighted by molar-refractivity contribution is 0.0458. The highest BCUT2D eigenvalue weighted by Crippen LogP contribution is 2.30. The van der Waals surface area contributed by atoms with Gasteiger partial charge in [0.2, 0.25) is 0 Å². The largest absolute Gasteiger partial charge is 0.263 e. The maximum absolute atomic E-state index is 6.00. The lowest BCUT2D eigenvalue weighted by Crippen LogP contribution is -2.05. The molecular weight excluding hydrogens is 253 g/mol. The molecule has 0 saturated heterocycles. The summed E-state index contributed by atoms with van der Waals surface area (Å²) in [6.45, 7) is 0. The molecule has 1 N–H and O–H groups in total. The maximum Gasteiger partial charge on any atom is 0.133 e. The molecule has 0 spiro atoms. The van der Waals surface area contributed by atoms with Gasteiger partial charge in [0.05, 0.1) is 0 Å². The summed E-state index contributed by atoms with van der Waals surface area (Å²) in [6.07, 6.45) is 1.81. The predicted octanol–water partition coefficient (Wildman–Crippen LogP) is 3.15. The van der Waals surface area contributed by atoms with Crippen LogP contribution in [0.25, 0.3) is 0 Å². The van der Waals surface area contributed by atoms with Crippen LogP contribution in [0.1, 0.15) is 11.7 Å². The van der Waals surface area contributed by atoms with Gasteiger partial charge >= 0.3 is 0 Å². The Hall–Kier alpha value is -0.510. The first-order valence-electron chi connectivity index (χ1n) is 3.81. The standard InChI is InChI=1S/C9H7BrClNO/c10-9-5-8(13-12-9)6-3-1-2-4-7(6)11/h1-5,8,12H/t8-/m1/s1. The Kier molecular flexibility index (Phi) is 2.58. The fraction of sp³-hybridized carbons (Fsp3) is 0.111. The molecule has 68 valence electrons. The molecule has 1 heterocycles. The minimum Gasteiger partial charge on any atom is -0.263 e. The first-order valence-corrected chi connectivity index (χ1v) is 4.98. The number of hydrogen-bond acceptors (Lipinski definition) is 2. The van der Waals surface area contributed by atoms with E-state index < -0.39 is 0 Å². The van der Waals surface area contributed by atoms with Crippen LogP contribution in [0.4, 0.5) is 0 Å². The summed E-state index contributed by atoms with van der Waals surface area (Å²) in [4.78, 5) is 5.26. The Labute approximate surface area is 89.6 Å². The van der Waals surface area contributed by atoms with E-state index in [-0.39, 0.29) is 6.10 Å². The fourth-order valence-electron chi connectivity index (χ4n) is 1.18. The van der Waals surface area contributed by atoms with Crippen molar-refractivity contribution in [1.29, 1.82) is 0 Å². The van der Waals surface area contributed by atoms with Gasteiger partial charge in [-0.3, -0.25) is 10.3 Å². The van der Waals surface area contributed by atoms with Crippen molar-refractivity contribution in [2.24, 2.45) is 0 Å². The molecule has 0 bridgehead atoms. The van der Waals surface area contributed by atoms with Crippen molar-refractivity contribution in [2.75, 3.05) is 0 Å². The van der Waals surface area contributed by atoms with Crippen molar-refractivity contribution in [2.45, 2.75) is 6.10 Å². The lowest BCUT2D eigenvalue weighted by atomic mass is 10.1. The molecule has 0 aliphatic carbocycles. The summed E-state index contributed by atoms with van der Waals surface area (Å²) in [7, 11) is 0. The third-order valence-corrected chi connectivity index (χ3v) is 2.56. The molecule has 2 rings (SSSR count). The third-order valence-electron chi connectivity index (χ3n) is 1.79. The highest BCUT2D eigenvalue weighted by atomic mass is 79.9. The number of hydroxylamine groups is 1. The second-order valence-corrected chi connectivity index (χ2v) is 3.94. The molecule has 0 fully saturated rings. The smallest absolute Gasteiger partial charge is 0.133 e. The average molecular weight is 261 g/mol. The van der Waals surface area contributed by atoms with Gasteiger partial charge < -0.3 is 0 Å². The van der Waals surface area contributed by atoms with Crippen LogP contribution < -0.4 is 5.48 Å². The fourth-order valence-corrected chi connectivity index (χ4v) is 1.76. The Morgan fingerprint density at radius 2 is 2.15 bits per heavy atom. The van der Waals surface area contributed by atoms with Crippen LogP contribution in [0.2, 0.25) is 5.02 Å². The summed E-state index contributed by atoms with van der Waals surface area (Å²) >= 11 is 9.28. The predicted molar refractivity (Wildman–Crippen MR) is 55.4 cm³/mol. The molecule has 0 aromatic heterocycles. The van der Waals surface area contributed by atoms with Gasteiger partial charge in [-0.25, -0.2) is 0 Å². The van der Waals surface area contributed by atoms with Crippen molar-refractivity contribution in [3.05, 3.63) is 45.5 Å². The van der Waals surface area contributed by atoms with Gasteiger partial charge in [0.25, 0.3) is 0 Å². The molecule has 0 radical (unpaired) electrons. The number of benzene rings is 1. The zero-order valence-electron chi connectivity index (χ0n) is 6.63. The van der Waals surface area contributed by atoms with E-state index in [0.29, 0.717) is 5.02 Å². The monoisotopic (exact) mass is 259 g/mol. The zero-order valence-corrected chi connectivity index (χ0v) is 8.97. The quantitative estimate of drug-likeness (QED) is 0.783. The molecule has 0 saturated carbocycles. The minimum absolute atomic E-state index is 0.108. The summed E-state index contributed by atoms with van der Waals surface area (Å²) in [6, 6.07) is 7.62. The van der Waals surface area contributed by atoms with Crippen molar-refractivity contribution < 1.29 is 4.84 Å². The molecule has 1 aliphatic rings. The van der Waals surface area contributed by atoms with Crippen molar-refractivity contribution in [3.63, 3.8) is 0 Å². The van der Waals surface area contributed by atoms with Crippen LogP contribution in [0.15, 0.2) is 34.9 Å². The van der Waals surface area contributed by atoms with Crippen LogP contribution in [0, 0.1) is 0 Å². The molecular formula is C9H7BrClNO. The molecule has 1 aromatic carbocycles. The van der Waals surface area contributed by atoms with E-state index in [1.165, 1.54) is 0 Å². The van der Waals surface area contributed by atoms with E-state index in [4.69, 9.17) is 16.4 Å². The van der Waals surface area contributed by atoms with Gasteiger partial charge in [0, 0.05) is 10.6 Å². The average Bonchev–Trinajstić information content (AvgIpc) is 2.53. The normalized spacial score (nSPS) is 21.1. The van der Waals surface area contributed by atoms with E-state index >= 15 is 0 Å². The second kappa shape index (κ2) is 3.70. The summed E-state index contributed by atoms with van der Waals surface area (Å²) < 4.78 is 0.831. The molecule has 1 aliphatic heterocycles. The van der Waals surface area contributed by atoms with Gasteiger partial charge in [-0.1, -0.05) is 29.8 Å². The Bertz CT molecular complexity index is 353. The van der Waals surface area contributed by atoms with E-state index in [9.17, 15) is 0 Å². The van der Waals surface area contributed by atoms with Crippen LogP contribution in [-0.2, 0) is 4.84 Å². The number of rotatable bonds is 1. The number of halogens is 2. The molecule has 0 amide bonds. The highest BCUT2D eigenvalue weighted by molar-refractivity contribution is 9.11. The van der Waals surface area contributed by atoms with Gasteiger partial charge in [0.15, 0.2) is 0 Å². The van der Waals surface area contributed by atoms with Gasteiger partial charge in [0.1, 0.15) is 10.7 Å². The van der Waals surface area contributed by atoms with Crippen LogP contribution >= 0.6 is 27.5 Å². The van der Waals surface area contributed by atoms with Crippen molar-refractivity contribution in [1.82, 2.24) is 5.48 Å². The number of nitrogens with one attached hydrogen (secondary N) is 1. The van der Waals surface area contributed by atoms with Crippen molar-refractivity contribution >= 4 is 27.5 Å². The second-order valence-electron chi connectivity index (χ2n) is 2.68. The molecule has 2 nitrogen and oxygen atoms in total. The first kappa shape index (κ1) is 9.06. The van der Waals surface area contributed by atoms with Crippen LogP contribution in [-0.4, -0.2) is 0 Å². The SMILES string of the molecule is Clc1ccccc1[C@H]1C=C(Br)NO1. The Balaban J connectivity index is 2.31. The summed E-state index contributed by atoms with van der Waals surface area (Å²) in [5.74, 6) is 0. The Morgan fingerprint density at radius 1 is 1.38 bits per heavy atom. The zero-order chi connectivity index (χ0) is 9.26. The van der Waals surface area contributed by atoms with Crippen LogP contribution in [0.3, 0.4) is 0 Å². The van der Waals surface area contributed by atoms with Crippen molar-refractivity contribution in [3.8, 4) is 0 Å². The molecule has 1 atom stereocenters. The third kappa shape index (κ3) is 1.88. The molecule has 4 heteroatoms. The van der Waals surface area contributed by atoms with E-state index in [1.54, 1.807) is 0 Å². The van der Waals surface area contributed by atoms with E-state index in [0.717, 1.165) is 10.2 Å². The topological polar surface area (TPSA) is 21.3 Å². The number of hydrogen-bond donors (Lipinski definition) is 1. The summed E-state index contributed by atoms with van der Waals surface area (Å²) in [5.41, 5.74) is 3.68. The van der Waals surface area contributed by atoms with Gasteiger partial charge in [-0.2, -0.15) is 0 Å². The van der Waals surface area contributed by atoms with E-state index in [2.05, 4.69) is 21.4 Å². The van der Waals surface area contributed by atoms with Crippen LogP contribution in [0.5, 0.6) is 0 Å².